The summed E-state index contributed by atoms with van der Waals surface area (Å²) in [5.41, 5.74) is 11.0. The third kappa shape index (κ3) is 5.35. The van der Waals surface area contributed by atoms with E-state index in [0.29, 0.717) is 27.8 Å². The molecule has 0 atom stereocenters. The maximum absolute atomic E-state index is 14.0. The number of hydrogen-bond donors (Lipinski definition) is 0. The van der Waals surface area contributed by atoms with Crippen LogP contribution in [0.25, 0.3) is 77.2 Å². The lowest BCUT2D eigenvalue weighted by Gasteiger charge is -2.23. The molecule has 4 nitrogen and oxygen atoms in total. The maximum Gasteiger partial charge on any atom is 0.416 e. The van der Waals surface area contributed by atoms with Crippen LogP contribution in [0.4, 0.5) is 13.2 Å². The summed E-state index contributed by atoms with van der Waals surface area (Å²) in [4.78, 5) is 0. The van der Waals surface area contributed by atoms with E-state index in [0.717, 1.165) is 89.4 Å². The second-order valence-corrected chi connectivity index (χ2v) is 14.6. The molecule has 0 aliphatic carbocycles. The fraction of sp³-hybridized carbons (Fsp3) is 0.102. The van der Waals surface area contributed by atoms with Crippen molar-refractivity contribution in [3.63, 3.8) is 0 Å². The van der Waals surface area contributed by atoms with Gasteiger partial charge in [-0.25, -0.2) is 0 Å². The van der Waals surface area contributed by atoms with Crippen LogP contribution >= 0.6 is 0 Å². The number of rotatable bonds is 4. The third-order valence-electron chi connectivity index (χ3n) is 10.8. The van der Waals surface area contributed by atoms with E-state index < -0.39 is 11.7 Å². The van der Waals surface area contributed by atoms with Crippen LogP contribution in [0.2, 0.25) is 0 Å². The second kappa shape index (κ2) is 12.8. The predicted molar refractivity (Wildman–Crippen MR) is 219 cm³/mol. The van der Waals surface area contributed by atoms with Gasteiger partial charge in [-0.05, 0) is 112 Å². The minimum atomic E-state index is -4.64. The summed E-state index contributed by atoms with van der Waals surface area (Å²) in [7, 11) is 0. The first-order chi connectivity index (χ1) is 27.0. The van der Waals surface area contributed by atoms with Crippen molar-refractivity contribution >= 4 is 43.6 Å². The topological polar surface area (TPSA) is 57.4 Å². The molecule has 0 amide bonds. The Hall–Kier alpha value is -7.09. The predicted octanol–water partition coefficient (Wildman–Crippen LogP) is 13.2. The Morgan fingerprint density at radius 3 is 1.30 bits per heavy atom. The van der Waals surface area contributed by atoms with Crippen LogP contribution in [0.5, 0.6) is 0 Å². The van der Waals surface area contributed by atoms with Crippen molar-refractivity contribution in [2.45, 2.75) is 33.9 Å². The quantitative estimate of drug-likeness (QED) is 0.181. The monoisotopic (exact) mass is 734 g/mol. The van der Waals surface area contributed by atoms with E-state index in [9.17, 15) is 23.7 Å². The van der Waals surface area contributed by atoms with Crippen molar-refractivity contribution in [1.82, 2.24) is 9.13 Å². The molecule has 56 heavy (non-hydrogen) atoms. The number of alkyl halides is 3. The molecule has 0 aliphatic heterocycles. The highest BCUT2D eigenvalue weighted by molar-refractivity contribution is 6.13. The first-order valence-electron chi connectivity index (χ1n) is 18.3. The molecule has 7 heteroatoms. The van der Waals surface area contributed by atoms with Crippen LogP contribution in [0.3, 0.4) is 0 Å². The molecule has 7 aromatic carbocycles. The Kier molecular flexibility index (Phi) is 7.90. The van der Waals surface area contributed by atoms with Crippen LogP contribution < -0.4 is 0 Å². The summed E-state index contributed by atoms with van der Waals surface area (Å²) < 4.78 is 46.5. The Bertz CT molecular complexity index is 3080. The van der Waals surface area contributed by atoms with E-state index in [1.165, 1.54) is 6.07 Å². The average molecular weight is 735 g/mol. The van der Waals surface area contributed by atoms with Crippen LogP contribution in [0.15, 0.2) is 127 Å². The number of hydrogen-bond acceptors (Lipinski definition) is 2. The molecule has 0 spiro atoms. The standard InChI is InChI=1S/C49H33F3N4/c1-28-11-17-41-37(21-28)38-22-29(2)12-18-42(38)55(41)45-9-5-7-32(26-53)47(45)48-36(35-16-15-34(49(50,51)52)25-33(35)27-54)8-6-10-46(48)56-43-19-13-30(3)23-39(43)40-24-31(4)14-20-44(40)56/h5-25H,1-4H3. The van der Waals surface area contributed by atoms with E-state index in [4.69, 9.17) is 0 Å². The molecule has 0 fully saturated rings. The number of nitrogens with zero attached hydrogens (tertiary/aromatic N) is 4. The van der Waals surface area contributed by atoms with E-state index in [1.807, 2.05) is 30.3 Å². The van der Waals surface area contributed by atoms with E-state index in [-0.39, 0.29) is 5.56 Å². The van der Waals surface area contributed by atoms with Gasteiger partial charge in [0.15, 0.2) is 0 Å². The first-order valence-corrected chi connectivity index (χ1v) is 18.3. The highest BCUT2D eigenvalue weighted by atomic mass is 19.4. The van der Waals surface area contributed by atoms with Crippen molar-refractivity contribution in [2.75, 3.05) is 0 Å². The Morgan fingerprint density at radius 2 is 0.875 bits per heavy atom. The fourth-order valence-electron chi connectivity index (χ4n) is 8.36. The van der Waals surface area contributed by atoms with E-state index in [1.54, 1.807) is 6.07 Å². The second-order valence-electron chi connectivity index (χ2n) is 14.6. The van der Waals surface area contributed by atoms with Crippen LogP contribution in [-0.2, 0) is 6.18 Å². The molecule has 2 heterocycles. The molecule has 0 bridgehead atoms. The third-order valence-corrected chi connectivity index (χ3v) is 10.8. The van der Waals surface area contributed by atoms with Gasteiger partial charge >= 0.3 is 6.18 Å². The summed E-state index contributed by atoms with van der Waals surface area (Å²) in [5.74, 6) is 0. The highest BCUT2D eigenvalue weighted by Gasteiger charge is 2.32. The number of halogens is 3. The number of fused-ring (bicyclic) bond motifs is 6. The van der Waals surface area contributed by atoms with Gasteiger partial charge in [0.1, 0.15) is 0 Å². The molecule has 0 unspecified atom stereocenters. The SMILES string of the molecule is Cc1ccc2c(c1)c1cc(C)ccc1n2-c1cccc(C#N)c1-c1c(-c2ccc(C(F)(F)F)cc2C#N)cccc1-n1c2ccc(C)cc2c2cc(C)ccc21. The zero-order valence-corrected chi connectivity index (χ0v) is 31.0. The molecular weight excluding hydrogens is 702 g/mol. The minimum absolute atomic E-state index is 0.120. The Balaban J connectivity index is 1.49. The van der Waals surface area contributed by atoms with E-state index >= 15 is 0 Å². The molecule has 0 saturated carbocycles. The summed E-state index contributed by atoms with van der Waals surface area (Å²) >= 11 is 0. The summed E-state index contributed by atoms with van der Waals surface area (Å²) in [6.07, 6.45) is -4.64. The maximum atomic E-state index is 14.0. The summed E-state index contributed by atoms with van der Waals surface area (Å²) in [6, 6.07) is 44.5. The van der Waals surface area contributed by atoms with Gasteiger partial charge < -0.3 is 9.13 Å². The smallest absolute Gasteiger partial charge is 0.309 e. The van der Waals surface area contributed by atoms with Gasteiger partial charge in [0, 0.05) is 38.2 Å². The lowest BCUT2D eigenvalue weighted by molar-refractivity contribution is -0.137. The van der Waals surface area contributed by atoms with Gasteiger partial charge in [-0.3, -0.25) is 0 Å². The first kappa shape index (κ1) is 34.7. The molecule has 0 saturated heterocycles. The van der Waals surface area contributed by atoms with Gasteiger partial charge in [0.25, 0.3) is 0 Å². The van der Waals surface area contributed by atoms with Gasteiger partial charge in [-0.2, -0.15) is 23.7 Å². The summed E-state index contributed by atoms with van der Waals surface area (Å²) in [6.45, 7) is 8.24. The van der Waals surface area contributed by atoms with Crippen molar-refractivity contribution < 1.29 is 13.2 Å². The minimum Gasteiger partial charge on any atom is -0.309 e. The molecule has 9 rings (SSSR count). The van der Waals surface area contributed by atoms with Gasteiger partial charge in [0.05, 0.1) is 62.3 Å². The number of nitriles is 2. The van der Waals surface area contributed by atoms with Gasteiger partial charge in [-0.15, -0.1) is 0 Å². The van der Waals surface area contributed by atoms with Gasteiger partial charge in [0.2, 0.25) is 0 Å². The number of benzene rings is 7. The Labute approximate surface area is 321 Å². The van der Waals surface area contributed by atoms with Crippen LogP contribution in [-0.4, -0.2) is 9.13 Å². The molecular formula is C49H33F3N4. The molecule has 0 aliphatic rings. The van der Waals surface area contributed by atoms with Crippen LogP contribution in [0.1, 0.15) is 38.9 Å². The highest BCUT2D eigenvalue weighted by Crippen LogP contribution is 2.47. The molecule has 0 radical (unpaired) electrons. The largest absolute Gasteiger partial charge is 0.416 e. The van der Waals surface area contributed by atoms with E-state index in [2.05, 4.69) is 122 Å². The molecule has 2 aromatic heterocycles. The Morgan fingerprint density at radius 1 is 0.446 bits per heavy atom. The van der Waals surface area contributed by atoms with Crippen molar-refractivity contribution in [3.05, 3.63) is 166 Å². The lowest BCUT2D eigenvalue weighted by atomic mass is 9.87. The lowest BCUT2D eigenvalue weighted by Crippen LogP contribution is -2.07. The fourth-order valence-corrected chi connectivity index (χ4v) is 8.36. The number of aryl methyl sites for hydroxylation is 4. The zero-order valence-electron chi connectivity index (χ0n) is 31.0. The molecule has 0 N–H and O–H groups in total. The average Bonchev–Trinajstić information content (AvgIpc) is 3.67. The molecule has 9 aromatic rings. The zero-order chi connectivity index (χ0) is 39.0. The molecule has 270 valence electrons. The van der Waals surface area contributed by atoms with Gasteiger partial charge in [-0.1, -0.05) is 70.8 Å². The van der Waals surface area contributed by atoms with Crippen molar-refractivity contribution in [3.8, 4) is 45.8 Å². The number of aromatic nitrogens is 2. The normalized spacial score (nSPS) is 11.8. The summed E-state index contributed by atoms with van der Waals surface area (Å²) in [5, 5.41) is 25.6. The van der Waals surface area contributed by atoms with Crippen LogP contribution in [0, 0.1) is 50.4 Å². The van der Waals surface area contributed by atoms with Crippen molar-refractivity contribution in [2.24, 2.45) is 0 Å². The van der Waals surface area contributed by atoms with Crippen molar-refractivity contribution in [1.29, 1.82) is 10.5 Å².